The van der Waals surface area contributed by atoms with Crippen LogP contribution in [-0.4, -0.2) is 21.7 Å². The van der Waals surface area contributed by atoms with Crippen molar-refractivity contribution in [3.63, 3.8) is 0 Å². The molecule has 0 fully saturated rings. The molecule has 3 amide bonds. The molecule has 0 unspecified atom stereocenters. The van der Waals surface area contributed by atoms with Gasteiger partial charge >= 0.3 is 6.03 Å². The van der Waals surface area contributed by atoms with Crippen LogP contribution in [0.5, 0.6) is 0 Å². The Hall–Kier alpha value is -2.35. The summed E-state index contributed by atoms with van der Waals surface area (Å²) in [7, 11) is 0. The Labute approximate surface area is 138 Å². The van der Waals surface area contributed by atoms with Gasteiger partial charge in [0.15, 0.2) is 0 Å². The second kappa shape index (κ2) is 6.82. The maximum absolute atomic E-state index is 12.2. The SMILES string of the molecule is CC(C)(C)[C@H](NC(=O)Nc1cnn(CC(N)=O)c1)c1cccs1. The van der Waals surface area contributed by atoms with Gasteiger partial charge in [0, 0.05) is 11.1 Å². The number of primary amides is 1. The molecule has 124 valence electrons. The van der Waals surface area contributed by atoms with Crippen LogP contribution in [0.25, 0.3) is 0 Å². The summed E-state index contributed by atoms with van der Waals surface area (Å²) in [6.07, 6.45) is 3.03. The summed E-state index contributed by atoms with van der Waals surface area (Å²) in [5, 5.41) is 11.7. The topological polar surface area (TPSA) is 102 Å². The molecule has 0 saturated carbocycles. The summed E-state index contributed by atoms with van der Waals surface area (Å²) in [5.74, 6) is -0.491. The van der Waals surface area contributed by atoms with Gasteiger partial charge in [-0.05, 0) is 16.9 Å². The maximum Gasteiger partial charge on any atom is 0.319 e. The van der Waals surface area contributed by atoms with E-state index in [1.54, 1.807) is 17.5 Å². The lowest BCUT2D eigenvalue weighted by Gasteiger charge is -2.30. The quantitative estimate of drug-likeness (QED) is 0.781. The largest absolute Gasteiger partial charge is 0.368 e. The molecular formula is C15H21N5O2S. The van der Waals surface area contributed by atoms with Crippen molar-refractivity contribution in [1.82, 2.24) is 15.1 Å². The van der Waals surface area contributed by atoms with Crippen LogP contribution in [0, 0.1) is 5.41 Å². The van der Waals surface area contributed by atoms with Crippen molar-refractivity contribution in [3.05, 3.63) is 34.8 Å². The number of rotatable bonds is 5. The zero-order chi connectivity index (χ0) is 17.0. The van der Waals surface area contributed by atoms with Gasteiger partial charge in [0.25, 0.3) is 0 Å². The van der Waals surface area contributed by atoms with Crippen molar-refractivity contribution < 1.29 is 9.59 Å². The third-order valence-electron chi connectivity index (χ3n) is 3.18. The minimum absolute atomic E-state index is 0.0247. The molecule has 2 heterocycles. The van der Waals surface area contributed by atoms with E-state index in [-0.39, 0.29) is 24.0 Å². The lowest BCUT2D eigenvalue weighted by atomic mass is 9.86. The van der Waals surface area contributed by atoms with E-state index in [9.17, 15) is 9.59 Å². The first-order valence-electron chi connectivity index (χ1n) is 7.17. The molecule has 0 bridgehead atoms. The summed E-state index contributed by atoms with van der Waals surface area (Å²) in [5.41, 5.74) is 5.48. The number of hydrogen-bond acceptors (Lipinski definition) is 4. The fourth-order valence-corrected chi connectivity index (χ4v) is 3.16. The van der Waals surface area contributed by atoms with Crippen molar-refractivity contribution in [1.29, 1.82) is 0 Å². The van der Waals surface area contributed by atoms with Crippen LogP contribution in [0.2, 0.25) is 0 Å². The maximum atomic E-state index is 12.2. The average molecular weight is 335 g/mol. The number of amides is 3. The summed E-state index contributed by atoms with van der Waals surface area (Å²) >= 11 is 1.61. The van der Waals surface area contributed by atoms with E-state index < -0.39 is 5.91 Å². The van der Waals surface area contributed by atoms with Crippen molar-refractivity contribution in [3.8, 4) is 0 Å². The summed E-state index contributed by atoms with van der Waals surface area (Å²) in [4.78, 5) is 24.2. The highest BCUT2D eigenvalue weighted by Gasteiger charge is 2.28. The smallest absolute Gasteiger partial charge is 0.319 e. The van der Waals surface area contributed by atoms with Gasteiger partial charge in [0.1, 0.15) is 6.54 Å². The van der Waals surface area contributed by atoms with Gasteiger partial charge in [-0.15, -0.1) is 11.3 Å². The Balaban J connectivity index is 2.02. The molecule has 0 aliphatic carbocycles. The molecule has 2 aromatic heterocycles. The van der Waals surface area contributed by atoms with Crippen LogP contribution in [0.15, 0.2) is 29.9 Å². The molecule has 0 aliphatic rings. The van der Waals surface area contributed by atoms with Crippen LogP contribution in [-0.2, 0) is 11.3 Å². The Morgan fingerprint density at radius 2 is 2.17 bits per heavy atom. The number of hydrogen-bond donors (Lipinski definition) is 3. The molecule has 7 nitrogen and oxygen atoms in total. The number of thiophene rings is 1. The first-order chi connectivity index (χ1) is 10.8. The highest BCUT2D eigenvalue weighted by atomic mass is 32.1. The Morgan fingerprint density at radius 1 is 1.43 bits per heavy atom. The van der Waals surface area contributed by atoms with Crippen LogP contribution in [0.1, 0.15) is 31.7 Å². The van der Waals surface area contributed by atoms with E-state index in [2.05, 4.69) is 36.5 Å². The molecule has 0 saturated heterocycles. The van der Waals surface area contributed by atoms with E-state index in [0.29, 0.717) is 5.69 Å². The van der Waals surface area contributed by atoms with Crippen molar-refractivity contribution in [2.45, 2.75) is 33.4 Å². The molecule has 23 heavy (non-hydrogen) atoms. The van der Waals surface area contributed by atoms with Crippen LogP contribution in [0.3, 0.4) is 0 Å². The number of nitrogens with two attached hydrogens (primary N) is 1. The molecule has 2 rings (SSSR count). The molecular weight excluding hydrogens is 314 g/mol. The molecule has 2 aromatic rings. The predicted octanol–water partition coefficient (Wildman–Crippen LogP) is 2.34. The first kappa shape index (κ1) is 17.0. The van der Waals surface area contributed by atoms with Crippen LogP contribution >= 0.6 is 11.3 Å². The Bertz CT molecular complexity index is 672. The van der Waals surface area contributed by atoms with Gasteiger partial charge < -0.3 is 16.4 Å². The van der Waals surface area contributed by atoms with Crippen LogP contribution in [0.4, 0.5) is 10.5 Å². The Morgan fingerprint density at radius 3 is 2.74 bits per heavy atom. The highest BCUT2D eigenvalue weighted by molar-refractivity contribution is 7.10. The number of nitrogens with one attached hydrogen (secondary N) is 2. The lowest BCUT2D eigenvalue weighted by molar-refractivity contribution is -0.118. The normalized spacial score (nSPS) is 12.7. The minimum Gasteiger partial charge on any atom is -0.368 e. The lowest BCUT2D eigenvalue weighted by Crippen LogP contribution is -2.38. The second-order valence-corrected chi connectivity index (χ2v) is 7.29. The standard InChI is InChI=1S/C15H21N5O2S/c1-15(2,3)13(11-5-4-6-23-11)19-14(22)18-10-7-17-20(8-10)9-12(16)21/h4-8,13H,9H2,1-3H3,(H2,16,21)(H2,18,19,22)/t13-/m1/s1. The van der Waals surface area contributed by atoms with Gasteiger partial charge in [-0.1, -0.05) is 26.8 Å². The number of carbonyl (C=O) groups is 2. The Kier molecular flexibility index (Phi) is 5.05. The van der Waals surface area contributed by atoms with E-state index >= 15 is 0 Å². The number of aromatic nitrogens is 2. The second-order valence-electron chi connectivity index (χ2n) is 6.31. The van der Waals surface area contributed by atoms with Gasteiger partial charge in [-0.3, -0.25) is 9.48 Å². The zero-order valence-electron chi connectivity index (χ0n) is 13.4. The zero-order valence-corrected chi connectivity index (χ0v) is 14.2. The number of urea groups is 1. The predicted molar refractivity (Wildman–Crippen MR) is 90.1 cm³/mol. The molecule has 1 atom stereocenters. The van der Waals surface area contributed by atoms with Crippen LogP contribution < -0.4 is 16.4 Å². The molecule has 0 aliphatic heterocycles. The molecule has 4 N–H and O–H groups in total. The summed E-state index contributed by atoms with van der Waals surface area (Å²) < 4.78 is 1.37. The van der Waals surface area contributed by atoms with Gasteiger partial charge in [-0.2, -0.15) is 5.10 Å². The summed E-state index contributed by atoms with van der Waals surface area (Å²) in [6.45, 7) is 6.19. The molecule has 0 aromatic carbocycles. The van der Waals surface area contributed by atoms with Crippen molar-refractivity contribution in [2.24, 2.45) is 11.1 Å². The van der Waals surface area contributed by atoms with Gasteiger partial charge in [0.2, 0.25) is 5.91 Å². The number of carbonyl (C=O) groups excluding carboxylic acids is 2. The number of anilines is 1. The van der Waals surface area contributed by atoms with E-state index in [1.165, 1.54) is 10.9 Å². The molecule has 0 spiro atoms. The van der Waals surface area contributed by atoms with E-state index in [0.717, 1.165) is 4.88 Å². The average Bonchev–Trinajstić information content (AvgIpc) is 3.06. The number of nitrogens with zero attached hydrogens (tertiary/aromatic N) is 2. The fraction of sp³-hybridized carbons (Fsp3) is 0.400. The molecule has 8 heteroatoms. The van der Waals surface area contributed by atoms with E-state index in [4.69, 9.17) is 5.73 Å². The fourth-order valence-electron chi connectivity index (χ4n) is 2.14. The molecule has 0 radical (unpaired) electrons. The minimum atomic E-state index is -0.491. The summed E-state index contributed by atoms with van der Waals surface area (Å²) in [6, 6.07) is 3.54. The van der Waals surface area contributed by atoms with Crippen molar-refractivity contribution in [2.75, 3.05) is 5.32 Å². The van der Waals surface area contributed by atoms with Gasteiger partial charge in [0.05, 0.1) is 17.9 Å². The third kappa shape index (κ3) is 4.82. The third-order valence-corrected chi connectivity index (χ3v) is 4.12. The van der Waals surface area contributed by atoms with Gasteiger partial charge in [-0.25, -0.2) is 4.79 Å². The first-order valence-corrected chi connectivity index (χ1v) is 8.05. The monoisotopic (exact) mass is 335 g/mol. The highest BCUT2D eigenvalue weighted by Crippen LogP contribution is 2.35. The van der Waals surface area contributed by atoms with E-state index in [1.807, 2.05) is 17.5 Å². The van der Waals surface area contributed by atoms with Crippen molar-refractivity contribution >= 4 is 29.0 Å².